The number of nitrogens with one attached hydrogen (secondary N) is 2. The van der Waals surface area contributed by atoms with Gasteiger partial charge >= 0.3 is 5.97 Å². The van der Waals surface area contributed by atoms with E-state index < -0.39 is 29.4 Å². The summed E-state index contributed by atoms with van der Waals surface area (Å²) in [6.45, 7) is 1.68. The van der Waals surface area contributed by atoms with Gasteiger partial charge in [0.1, 0.15) is 11.4 Å². The molecule has 0 bridgehead atoms. The Morgan fingerprint density at radius 2 is 1.93 bits per heavy atom. The number of hydrogen-bond acceptors (Lipinski definition) is 6. The first-order valence-electron chi connectivity index (χ1n) is 13.0. The SMILES string of the molecule is Cc1c(C(=O)O)ccc2c1CC[C@@H]2NC(=O)c1cc(C(=O)NCc2ccc(F)c(F)c2)nc2c(-c3cccs3)cnn12. The van der Waals surface area contributed by atoms with Crippen molar-refractivity contribution in [2.24, 2.45) is 0 Å². The van der Waals surface area contributed by atoms with E-state index in [1.165, 1.54) is 28.0 Å². The van der Waals surface area contributed by atoms with Crippen molar-refractivity contribution in [1.82, 2.24) is 25.2 Å². The van der Waals surface area contributed by atoms with E-state index in [-0.39, 0.29) is 29.5 Å². The minimum atomic E-state index is -1.03. The molecule has 0 fully saturated rings. The summed E-state index contributed by atoms with van der Waals surface area (Å²) in [5.74, 6) is -4.12. The summed E-state index contributed by atoms with van der Waals surface area (Å²) < 4.78 is 28.3. The number of halogens is 2. The monoisotopic (exact) mass is 587 g/mol. The predicted molar refractivity (Wildman–Crippen MR) is 150 cm³/mol. The van der Waals surface area contributed by atoms with Crippen LogP contribution < -0.4 is 10.6 Å². The van der Waals surface area contributed by atoms with Gasteiger partial charge < -0.3 is 15.7 Å². The average Bonchev–Trinajstić information content (AvgIpc) is 3.73. The van der Waals surface area contributed by atoms with Gasteiger partial charge in [-0.1, -0.05) is 18.2 Å². The highest BCUT2D eigenvalue weighted by atomic mass is 32.1. The Labute approximate surface area is 241 Å². The molecule has 212 valence electrons. The molecule has 1 aliphatic rings. The van der Waals surface area contributed by atoms with E-state index in [1.54, 1.807) is 25.3 Å². The number of carbonyl (C=O) groups excluding carboxylic acids is 2. The van der Waals surface area contributed by atoms with Gasteiger partial charge in [-0.2, -0.15) is 5.10 Å². The van der Waals surface area contributed by atoms with Crippen molar-refractivity contribution in [3.63, 3.8) is 0 Å². The van der Waals surface area contributed by atoms with Crippen molar-refractivity contribution in [3.05, 3.63) is 111 Å². The molecular weight excluding hydrogens is 564 g/mol. The largest absolute Gasteiger partial charge is 0.478 e. The minimum Gasteiger partial charge on any atom is -0.478 e. The van der Waals surface area contributed by atoms with E-state index in [1.807, 2.05) is 17.5 Å². The number of fused-ring (bicyclic) bond motifs is 2. The molecule has 0 spiro atoms. The van der Waals surface area contributed by atoms with Gasteiger partial charge in [0.05, 0.1) is 23.4 Å². The van der Waals surface area contributed by atoms with Crippen LogP contribution in [0.15, 0.2) is 60.1 Å². The number of rotatable bonds is 7. The zero-order chi connectivity index (χ0) is 29.5. The van der Waals surface area contributed by atoms with Gasteiger partial charge in [-0.3, -0.25) is 9.59 Å². The van der Waals surface area contributed by atoms with Gasteiger partial charge in [0.15, 0.2) is 17.3 Å². The molecule has 3 aromatic heterocycles. The van der Waals surface area contributed by atoms with E-state index in [2.05, 4.69) is 20.7 Å². The molecule has 12 heteroatoms. The van der Waals surface area contributed by atoms with Crippen LogP contribution in [0.3, 0.4) is 0 Å². The Morgan fingerprint density at radius 3 is 2.67 bits per heavy atom. The van der Waals surface area contributed by atoms with Crippen molar-refractivity contribution in [2.75, 3.05) is 0 Å². The van der Waals surface area contributed by atoms with E-state index in [0.29, 0.717) is 35.2 Å². The Balaban J connectivity index is 1.33. The predicted octanol–water partition coefficient (Wildman–Crippen LogP) is 5.09. The summed E-state index contributed by atoms with van der Waals surface area (Å²) in [5, 5.41) is 21.4. The number of benzene rings is 2. The fourth-order valence-corrected chi connectivity index (χ4v) is 5.99. The number of thiophene rings is 1. The summed E-state index contributed by atoms with van der Waals surface area (Å²) in [6, 6.07) is 11.3. The van der Waals surface area contributed by atoms with E-state index >= 15 is 0 Å². The second-order valence-corrected chi connectivity index (χ2v) is 10.9. The number of nitrogens with zero attached hydrogens (tertiary/aromatic N) is 3. The third-order valence-corrected chi connectivity index (χ3v) is 8.29. The van der Waals surface area contributed by atoms with Crippen LogP contribution in [0.2, 0.25) is 0 Å². The maximum absolute atomic E-state index is 13.7. The number of hydrogen-bond donors (Lipinski definition) is 3. The molecule has 6 rings (SSSR count). The first-order chi connectivity index (χ1) is 20.2. The lowest BCUT2D eigenvalue weighted by Crippen LogP contribution is -2.30. The summed E-state index contributed by atoms with van der Waals surface area (Å²) in [4.78, 5) is 43.8. The summed E-state index contributed by atoms with van der Waals surface area (Å²) in [5.41, 5.74) is 3.97. The third-order valence-electron chi connectivity index (χ3n) is 7.39. The van der Waals surface area contributed by atoms with Gasteiger partial charge in [0.2, 0.25) is 0 Å². The molecule has 0 aliphatic heterocycles. The zero-order valence-corrected chi connectivity index (χ0v) is 23.0. The molecule has 42 heavy (non-hydrogen) atoms. The lowest BCUT2D eigenvalue weighted by Gasteiger charge is -2.16. The second kappa shape index (κ2) is 10.8. The Hall–Kier alpha value is -4.97. The van der Waals surface area contributed by atoms with Crippen LogP contribution in [-0.2, 0) is 13.0 Å². The first-order valence-corrected chi connectivity index (χ1v) is 13.9. The van der Waals surface area contributed by atoms with Crippen molar-refractivity contribution in [2.45, 2.75) is 32.4 Å². The standard InChI is InChI=1S/C30H23F2N5O4S/c1-15-17-7-9-23(19(17)6-5-18(15)30(40)41)36-29(39)25-12-24(28(38)33-13-16-4-8-21(31)22(32)11-16)35-27-20(14-34-37(25)27)26-3-2-10-42-26/h2-6,8,10-12,14,23H,7,9,13H2,1H3,(H,33,38)(H,36,39)(H,40,41)/t23-/m0/s1. The zero-order valence-electron chi connectivity index (χ0n) is 22.1. The Bertz CT molecular complexity index is 1890. The van der Waals surface area contributed by atoms with Gasteiger partial charge in [-0.05, 0) is 71.7 Å². The van der Waals surface area contributed by atoms with Crippen LogP contribution in [-0.4, -0.2) is 37.5 Å². The number of carboxylic acids is 1. The molecule has 2 aromatic carbocycles. The quantitative estimate of drug-likeness (QED) is 0.244. The van der Waals surface area contributed by atoms with Crippen LogP contribution in [0.4, 0.5) is 8.78 Å². The number of carboxylic acid groups (broad SMARTS) is 1. The van der Waals surface area contributed by atoms with E-state index in [9.17, 15) is 28.3 Å². The summed E-state index contributed by atoms with van der Waals surface area (Å²) in [6.07, 6.45) is 2.77. The summed E-state index contributed by atoms with van der Waals surface area (Å²) >= 11 is 1.45. The van der Waals surface area contributed by atoms with Gasteiger partial charge in [0.25, 0.3) is 11.8 Å². The van der Waals surface area contributed by atoms with Crippen LogP contribution in [0, 0.1) is 18.6 Å². The molecular formula is C30H23F2N5O4S. The highest BCUT2D eigenvalue weighted by Crippen LogP contribution is 2.35. The number of aromatic carboxylic acids is 1. The molecule has 1 atom stereocenters. The van der Waals surface area contributed by atoms with Crippen LogP contribution in [0.5, 0.6) is 0 Å². The first kappa shape index (κ1) is 27.2. The number of amides is 2. The lowest BCUT2D eigenvalue weighted by atomic mass is 9.98. The highest BCUT2D eigenvalue weighted by Gasteiger charge is 2.29. The molecule has 3 N–H and O–H groups in total. The van der Waals surface area contributed by atoms with Crippen molar-refractivity contribution in [3.8, 4) is 10.4 Å². The molecule has 9 nitrogen and oxygen atoms in total. The fourth-order valence-electron chi connectivity index (χ4n) is 5.26. The van der Waals surface area contributed by atoms with Crippen molar-refractivity contribution >= 4 is 34.8 Å². The minimum absolute atomic E-state index is 0.0534. The number of carbonyl (C=O) groups is 3. The molecule has 0 unspecified atom stereocenters. The average molecular weight is 588 g/mol. The molecule has 0 radical (unpaired) electrons. The van der Waals surface area contributed by atoms with Gasteiger partial charge in [0, 0.05) is 17.5 Å². The van der Waals surface area contributed by atoms with Crippen LogP contribution >= 0.6 is 11.3 Å². The smallest absolute Gasteiger partial charge is 0.335 e. The molecule has 2 amide bonds. The molecule has 0 saturated carbocycles. The number of aromatic nitrogens is 3. The Kier molecular flexibility index (Phi) is 6.99. The fraction of sp³-hybridized carbons (Fsp3) is 0.167. The van der Waals surface area contributed by atoms with Crippen molar-refractivity contribution in [1.29, 1.82) is 0 Å². The highest BCUT2D eigenvalue weighted by molar-refractivity contribution is 7.13. The Morgan fingerprint density at radius 1 is 1.10 bits per heavy atom. The third kappa shape index (κ3) is 4.90. The lowest BCUT2D eigenvalue weighted by molar-refractivity contribution is 0.0695. The maximum Gasteiger partial charge on any atom is 0.335 e. The maximum atomic E-state index is 13.7. The van der Waals surface area contributed by atoms with Gasteiger partial charge in [-0.15, -0.1) is 11.3 Å². The topological polar surface area (TPSA) is 126 Å². The van der Waals surface area contributed by atoms with Crippen molar-refractivity contribution < 1.29 is 28.3 Å². The molecule has 1 aliphatic carbocycles. The van der Waals surface area contributed by atoms with E-state index in [0.717, 1.165) is 28.1 Å². The normalized spacial score (nSPS) is 14.1. The summed E-state index contributed by atoms with van der Waals surface area (Å²) in [7, 11) is 0. The molecule has 3 heterocycles. The molecule has 0 saturated heterocycles. The molecule has 5 aromatic rings. The van der Waals surface area contributed by atoms with E-state index in [4.69, 9.17) is 0 Å². The second-order valence-electron chi connectivity index (χ2n) is 9.90. The van der Waals surface area contributed by atoms with Crippen LogP contribution in [0.1, 0.15) is 66.1 Å². The van der Waals surface area contributed by atoms with Gasteiger partial charge in [-0.25, -0.2) is 23.1 Å². The van der Waals surface area contributed by atoms with Crippen LogP contribution in [0.25, 0.3) is 16.1 Å².